The lowest BCUT2D eigenvalue weighted by molar-refractivity contribution is -0.385. The van der Waals surface area contributed by atoms with Crippen LogP contribution in [0, 0.1) is 16.0 Å². The van der Waals surface area contributed by atoms with Crippen LogP contribution in [0.4, 0.5) is 5.69 Å². The number of nitro groups is 1. The van der Waals surface area contributed by atoms with Crippen molar-refractivity contribution in [1.29, 1.82) is 0 Å². The Morgan fingerprint density at radius 2 is 2.18 bits per heavy atom. The monoisotopic (exact) mass is 306 g/mol. The van der Waals surface area contributed by atoms with Crippen molar-refractivity contribution in [3.05, 3.63) is 39.9 Å². The van der Waals surface area contributed by atoms with Crippen LogP contribution < -0.4 is 5.32 Å². The maximum Gasteiger partial charge on any atom is 0.272 e. The highest BCUT2D eigenvalue weighted by atomic mass is 16.6. The zero-order chi connectivity index (χ0) is 15.9. The maximum atomic E-state index is 11.0. The van der Waals surface area contributed by atoms with E-state index in [0.717, 1.165) is 37.8 Å². The first-order chi connectivity index (χ1) is 10.6. The number of nitrogens with zero attached hydrogens (tertiary/aromatic N) is 1. The average molecular weight is 306 g/mol. The third-order valence-corrected chi connectivity index (χ3v) is 4.55. The number of para-hydroxylation sites is 1. The number of benzene rings is 1. The van der Waals surface area contributed by atoms with Crippen molar-refractivity contribution >= 4 is 5.69 Å². The lowest BCUT2D eigenvalue weighted by Crippen LogP contribution is -2.34. The molecule has 1 aliphatic carbocycles. The molecular formula is C17H26N2O3. The van der Waals surface area contributed by atoms with Gasteiger partial charge in [0.15, 0.2) is 0 Å². The van der Waals surface area contributed by atoms with Gasteiger partial charge >= 0.3 is 0 Å². The van der Waals surface area contributed by atoms with Gasteiger partial charge < -0.3 is 10.4 Å². The minimum atomic E-state index is -0.309. The van der Waals surface area contributed by atoms with E-state index in [1.807, 2.05) is 12.1 Å². The van der Waals surface area contributed by atoms with Crippen molar-refractivity contribution in [2.45, 2.75) is 57.6 Å². The summed E-state index contributed by atoms with van der Waals surface area (Å²) in [5.41, 5.74) is 1.01. The highest BCUT2D eigenvalue weighted by Gasteiger charge is 2.20. The van der Waals surface area contributed by atoms with Crippen LogP contribution in [0.1, 0.15) is 44.6 Å². The van der Waals surface area contributed by atoms with Crippen LogP contribution in [-0.2, 0) is 6.42 Å². The van der Waals surface area contributed by atoms with Gasteiger partial charge in [0.2, 0.25) is 0 Å². The number of nitrogens with one attached hydrogen (secondary N) is 1. The van der Waals surface area contributed by atoms with E-state index in [0.29, 0.717) is 18.4 Å². The van der Waals surface area contributed by atoms with Gasteiger partial charge in [-0.2, -0.15) is 0 Å². The van der Waals surface area contributed by atoms with Crippen molar-refractivity contribution in [3.63, 3.8) is 0 Å². The predicted molar refractivity (Wildman–Crippen MR) is 86.8 cm³/mol. The van der Waals surface area contributed by atoms with E-state index in [9.17, 15) is 15.2 Å². The molecule has 0 spiro atoms. The van der Waals surface area contributed by atoms with Gasteiger partial charge in [0.25, 0.3) is 5.69 Å². The smallest absolute Gasteiger partial charge is 0.272 e. The normalized spacial score (nSPS) is 23.2. The Morgan fingerprint density at radius 1 is 1.41 bits per heavy atom. The average Bonchev–Trinajstić information content (AvgIpc) is 2.51. The standard InChI is InChI=1S/C17H26N2O3/c1-13(18-12-14-5-4-7-16(20)11-14)9-10-15-6-2-3-8-17(15)19(21)22/h2-3,6,8,13-14,16,18,20H,4-5,7,9-12H2,1H3. The van der Waals surface area contributed by atoms with Gasteiger partial charge in [0, 0.05) is 17.7 Å². The highest BCUT2D eigenvalue weighted by Crippen LogP contribution is 2.24. The van der Waals surface area contributed by atoms with E-state index in [2.05, 4.69) is 12.2 Å². The second-order valence-electron chi connectivity index (χ2n) is 6.42. The molecule has 22 heavy (non-hydrogen) atoms. The summed E-state index contributed by atoms with van der Waals surface area (Å²) >= 11 is 0. The van der Waals surface area contributed by atoms with Crippen molar-refractivity contribution in [1.82, 2.24) is 5.32 Å². The van der Waals surface area contributed by atoms with Crippen LogP contribution >= 0.6 is 0 Å². The van der Waals surface area contributed by atoms with E-state index in [-0.39, 0.29) is 16.7 Å². The zero-order valence-electron chi connectivity index (χ0n) is 13.2. The van der Waals surface area contributed by atoms with Crippen LogP contribution in [0.25, 0.3) is 0 Å². The van der Waals surface area contributed by atoms with Crippen LogP contribution in [0.3, 0.4) is 0 Å². The number of aliphatic hydroxyl groups is 1. The molecule has 0 radical (unpaired) electrons. The molecule has 1 aliphatic rings. The van der Waals surface area contributed by atoms with Crippen LogP contribution in [0.5, 0.6) is 0 Å². The minimum absolute atomic E-state index is 0.136. The molecule has 2 rings (SSSR count). The van der Waals surface area contributed by atoms with E-state index in [4.69, 9.17) is 0 Å². The van der Waals surface area contributed by atoms with Gasteiger partial charge in [-0.05, 0) is 51.5 Å². The maximum absolute atomic E-state index is 11.0. The van der Waals surface area contributed by atoms with E-state index < -0.39 is 0 Å². The summed E-state index contributed by atoms with van der Waals surface area (Å²) in [6, 6.07) is 7.28. The zero-order valence-corrected chi connectivity index (χ0v) is 13.2. The molecule has 2 N–H and O–H groups in total. The number of aryl methyl sites for hydroxylation is 1. The lowest BCUT2D eigenvalue weighted by atomic mass is 9.87. The third-order valence-electron chi connectivity index (χ3n) is 4.55. The van der Waals surface area contributed by atoms with E-state index in [1.165, 1.54) is 6.42 Å². The summed E-state index contributed by atoms with van der Waals surface area (Å²) in [5.74, 6) is 0.553. The van der Waals surface area contributed by atoms with Crippen molar-refractivity contribution < 1.29 is 10.0 Å². The van der Waals surface area contributed by atoms with Crippen molar-refractivity contribution in [3.8, 4) is 0 Å². The first-order valence-electron chi connectivity index (χ1n) is 8.20. The van der Waals surface area contributed by atoms with Crippen molar-refractivity contribution in [2.75, 3.05) is 6.54 Å². The molecule has 0 aliphatic heterocycles. The summed E-state index contributed by atoms with van der Waals surface area (Å²) < 4.78 is 0. The molecule has 3 unspecified atom stereocenters. The summed E-state index contributed by atoms with van der Waals surface area (Å²) in [7, 11) is 0. The minimum Gasteiger partial charge on any atom is -0.393 e. The Kier molecular flexibility index (Phi) is 6.34. The van der Waals surface area contributed by atoms with E-state index in [1.54, 1.807) is 12.1 Å². The first-order valence-corrected chi connectivity index (χ1v) is 8.20. The Morgan fingerprint density at radius 3 is 2.91 bits per heavy atom. The molecule has 0 aromatic heterocycles. The first kappa shape index (κ1) is 16.9. The SMILES string of the molecule is CC(CCc1ccccc1[N+](=O)[O-])NCC1CCCC(O)C1. The molecule has 1 aromatic carbocycles. The number of rotatable bonds is 7. The van der Waals surface area contributed by atoms with Gasteiger partial charge in [0.1, 0.15) is 0 Å². The van der Waals surface area contributed by atoms with Gasteiger partial charge in [-0.3, -0.25) is 10.1 Å². The quantitative estimate of drug-likeness (QED) is 0.599. The van der Waals surface area contributed by atoms with Gasteiger partial charge in [-0.25, -0.2) is 0 Å². The number of hydrogen-bond donors (Lipinski definition) is 2. The third kappa shape index (κ3) is 5.07. The summed E-state index contributed by atoms with van der Waals surface area (Å²) in [6.45, 7) is 3.04. The van der Waals surface area contributed by atoms with Crippen molar-refractivity contribution in [2.24, 2.45) is 5.92 Å². The molecule has 1 fully saturated rings. The highest BCUT2D eigenvalue weighted by molar-refractivity contribution is 5.39. The fourth-order valence-electron chi connectivity index (χ4n) is 3.19. The molecule has 1 aromatic rings. The molecule has 1 saturated carbocycles. The number of hydrogen-bond acceptors (Lipinski definition) is 4. The molecule has 0 bridgehead atoms. The van der Waals surface area contributed by atoms with Crippen LogP contribution in [0.2, 0.25) is 0 Å². The molecule has 122 valence electrons. The Bertz CT molecular complexity index is 493. The Balaban J connectivity index is 1.76. The summed E-state index contributed by atoms with van der Waals surface area (Å²) in [6.07, 6.45) is 5.56. The Hall–Kier alpha value is -1.46. The molecule has 0 saturated heterocycles. The fraction of sp³-hybridized carbons (Fsp3) is 0.647. The van der Waals surface area contributed by atoms with E-state index >= 15 is 0 Å². The summed E-state index contributed by atoms with van der Waals surface area (Å²) in [5, 5.41) is 24.2. The number of aliphatic hydroxyl groups excluding tert-OH is 1. The molecule has 5 heteroatoms. The molecular weight excluding hydrogens is 280 g/mol. The topological polar surface area (TPSA) is 75.4 Å². The molecule has 0 amide bonds. The largest absolute Gasteiger partial charge is 0.393 e. The molecule has 0 heterocycles. The van der Waals surface area contributed by atoms with Crippen LogP contribution in [0.15, 0.2) is 24.3 Å². The molecule has 5 nitrogen and oxygen atoms in total. The molecule has 3 atom stereocenters. The van der Waals surface area contributed by atoms with Gasteiger partial charge in [-0.15, -0.1) is 0 Å². The fourth-order valence-corrected chi connectivity index (χ4v) is 3.19. The lowest BCUT2D eigenvalue weighted by Gasteiger charge is -2.27. The summed E-state index contributed by atoms with van der Waals surface area (Å²) in [4.78, 5) is 10.7. The number of nitro benzene ring substituents is 1. The predicted octanol–water partition coefficient (Wildman–Crippen LogP) is 3.06. The Labute approximate surface area is 131 Å². The van der Waals surface area contributed by atoms with Gasteiger partial charge in [-0.1, -0.05) is 24.6 Å². The second-order valence-corrected chi connectivity index (χ2v) is 6.42. The van der Waals surface area contributed by atoms with Crippen LogP contribution in [-0.4, -0.2) is 28.7 Å². The van der Waals surface area contributed by atoms with Gasteiger partial charge in [0.05, 0.1) is 11.0 Å². The second kappa shape index (κ2) is 8.25.